The predicted molar refractivity (Wildman–Crippen MR) is 76.9 cm³/mol. The Bertz CT molecular complexity index is 441. The maximum absolute atomic E-state index is 11.2. The Morgan fingerprint density at radius 1 is 1.45 bits per heavy atom. The summed E-state index contributed by atoms with van der Waals surface area (Å²) >= 11 is 0. The van der Waals surface area contributed by atoms with Gasteiger partial charge < -0.3 is 15.7 Å². The fraction of sp³-hybridized carbons (Fsp3) is 0.667. The van der Waals surface area contributed by atoms with E-state index in [0.29, 0.717) is 19.4 Å². The number of nitrogens with zero attached hydrogens (tertiary/aromatic N) is 3. The van der Waals surface area contributed by atoms with Crippen molar-refractivity contribution >= 4 is 17.3 Å². The topological polar surface area (TPSA) is 113 Å². The second-order valence-electron chi connectivity index (χ2n) is 4.51. The van der Waals surface area contributed by atoms with Crippen LogP contribution in [0.5, 0.6) is 0 Å². The average Bonchev–Trinajstić information content (AvgIpc) is 2.42. The Hall–Kier alpha value is -1.96. The maximum Gasteiger partial charge on any atom is 0.353 e. The summed E-state index contributed by atoms with van der Waals surface area (Å²) in [5, 5.41) is 25.9. The zero-order valence-electron chi connectivity index (χ0n) is 11.8. The van der Waals surface area contributed by atoms with E-state index in [1.54, 1.807) is 0 Å². The zero-order valence-corrected chi connectivity index (χ0v) is 11.8. The molecule has 20 heavy (non-hydrogen) atoms. The van der Waals surface area contributed by atoms with E-state index in [9.17, 15) is 10.1 Å². The molecule has 0 radical (unpaired) electrons. The van der Waals surface area contributed by atoms with E-state index in [1.807, 2.05) is 13.8 Å². The second-order valence-corrected chi connectivity index (χ2v) is 4.51. The minimum atomic E-state index is -0.487. The third-order valence-electron chi connectivity index (χ3n) is 2.73. The molecule has 0 spiro atoms. The quantitative estimate of drug-likeness (QED) is 0.467. The Morgan fingerprint density at radius 3 is 2.75 bits per heavy atom. The number of aliphatic hydroxyl groups excluding tert-OH is 1. The number of hydrogen-bond acceptors (Lipinski definition) is 7. The summed E-state index contributed by atoms with van der Waals surface area (Å²) < 4.78 is 0. The lowest BCUT2D eigenvalue weighted by Gasteiger charge is -2.14. The summed E-state index contributed by atoms with van der Waals surface area (Å²) in [5.74, 6) is 0.428. The molecule has 0 saturated carbocycles. The normalized spacial score (nSPS) is 11.9. The van der Waals surface area contributed by atoms with Gasteiger partial charge in [-0.25, -0.2) is 9.97 Å². The van der Waals surface area contributed by atoms with E-state index in [0.717, 1.165) is 6.42 Å². The van der Waals surface area contributed by atoms with Crippen LogP contribution in [-0.4, -0.2) is 39.2 Å². The zero-order chi connectivity index (χ0) is 15.0. The van der Waals surface area contributed by atoms with Gasteiger partial charge >= 0.3 is 5.69 Å². The molecule has 1 atom stereocenters. The molecule has 1 aromatic rings. The molecule has 0 bridgehead atoms. The first-order valence-corrected chi connectivity index (χ1v) is 6.70. The van der Waals surface area contributed by atoms with Crippen molar-refractivity contribution < 1.29 is 10.0 Å². The number of anilines is 2. The average molecular weight is 283 g/mol. The van der Waals surface area contributed by atoms with E-state index in [2.05, 4.69) is 20.6 Å². The van der Waals surface area contributed by atoms with Crippen LogP contribution in [0.1, 0.15) is 33.1 Å². The molecule has 1 heterocycles. The highest BCUT2D eigenvalue weighted by atomic mass is 16.6. The third-order valence-corrected chi connectivity index (χ3v) is 2.73. The van der Waals surface area contributed by atoms with Crippen molar-refractivity contribution in [1.82, 2.24) is 9.97 Å². The van der Waals surface area contributed by atoms with Crippen molar-refractivity contribution in [1.29, 1.82) is 0 Å². The van der Waals surface area contributed by atoms with E-state index in [4.69, 9.17) is 5.11 Å². The highest BCUT2D eigenvalue weighted by Gasteiger charge is 2.23. The molecule has 0 amide bonds. The van der Waals surface area contributed by atoms with Crippen molar-refractivity contribution in [3.63, 3.8) is 0 Å². The fourth-order valence-electron chi connectivity index (χ4n) is 1.73. The lowest BCUT2D eigenvalue weighted by atomic mass is 10.2. The first-order chi connectivity index (χ1) is 9.60. The molecule has 1 aromatic heterocycles. The molecule has 8 nitrogen and oxygen atoms in total. The standard InChI is InChI=1S/C12H21N5O3/c1-3-6-13-11-10(17(19)20)12(15-8-14-11)16-9(2)5-4-7-18/h8-9,18H,3-7H2,1-2H3,(H2,13,14,15,16). The van der Waals surface area contributed by atoms with Gasteiger partial charge in [-0.1, -0.05) is 6.92 Å². The van der Waals surface area contributed by atoms with Gasteiger partial charge in [-0.3, -0.25) is 10.1 Å². The van der Waals surface area contributed by atoms with E-state index < -0.39 is 4.92 Å². The molecule has 112 valence electrons. The van der Waals surface area contributed by atoms with Crippen LogP contribution < -0.4 is 10.6 Å². The Kier molecular flexibility index (Phi) is 6.65. The van der Waals surface area contributed by atoms with Crippen molar-refractivity contribution in [2.24, 2.45) is 0 Å². The van der Waals surface area contributed by atoms with Gasteiger partial charge in [0.05, 0.1) is 4.92 Å². The Labute approximate surface area is 117 Å². The van der Waals surface area contributed by atoms with E-state index in [1.165, 1.54) is 6.33 Å². The SMILES string of the molecule is CCCNc1ncnc(NC(C)CCCO)c1[N+](=O)[O-]. The van der Waals surface area contributed by atoms with Crippen molar-refractivity contribution in [2.75, 3.05) is 23.8 Å². The molecule has 1 rings (SSSR count). The van der Waals surface area contributed by atoms with Crippen LogP contribution in [0.15, 0.2) is 6.33 Å². The molecule has 0 aliphatic carbocycles. The highest BCUT2D eigenvalue weighted by Crippen LogP contribution is 2.29. The number of hydrogen-bond donors (Lipinski definition) is 3. The van der Waals surface area contributed by atoms with Gasteiger partial charge in [-0.05, 0) is 26.2 Å². The van der Waals surface area contributed by atoms with Crippen molar-refractivity contribution in [3.05, 3.63) is 16.4 Å². The van der Waals surface area contributed by atoms with Crippen LogP contribution in [0.25, 0.3) is 0 Å². The molecule has 0 fully saturated rings. The monoisotopic (exact) mass is 283 g/mol. The van der Waals surface area contributed by atoms with Crippen LogP contribution in [0.3, 0.4) is 0 Å². The van der Waals surface area contributed by atoms with Gasteiger partial charge in [0.2, 0.25) is 11.6 Å². The molecule has 0 aliphatic rings. The molecule has 1 unspecified atom stereocenters. The first-order valence-electron chi connectivity index (χ1n) is 6.70. The Balaban J connectivity index is 2.91. The summed E-state index contributed by atoms with van der Waals surface area (Å²) in [6.07, 6.45) is 3.48. The number of rotatable bonds is 9. The number of aliphatic hydroxyl groups is 1. The summed E-state index contributed by atoms with van der Waals surface area (Å²) in [5.41, 5.74) is -0.142. The van der Waals surface area contributed by atoms with Crippen LogP contribution in [0, 0.1) is 10.1 Å². The number of nitrogens with one attached hydrogen (secondary N) is 2. The molecule has 0 aromatic carbocycles. The number of aromatic nitrogens is 2. The van der Waals surface area contributed by atoms with Gasteiger partial charge in [0.1, 0.15) is 6.33 Å². The largest absolute Gasteiger partial charge is 0.396 e. The summed E-state index contributed by atoms with van der Waals surface area (Å²) in [7, 11) is 0. The number of nitro groups is 1. The van der Waals surface area contributed by atoms with Crippen molar-refractivity contribution in [2.45, 2.75) is 39.2 Å². The molecular weight excluding hydrogens is 262 g/mol. The van der Waals surface area contributed by atoms with E-state index >= 15 is 0 Å². The second kappa shape index (κ2) is 8.26. The van der Waals surface area contributed by atoms with Gasteiger partial charge in [0.25, 0.3) is 0 Å². The van der Waals surface area contributed by atoms with Gasteiger partial charge in [-0.2, -0.15) is 0 Å². The minimum absolute atomic E-state index is 0.0187. The van der Waals surface area contributed by atoms with Crippen LogP contribution in [0.2, 0.25) is 0 Å². The van der Waals surface area contributed by atoms with Gasteiger partial charge in [0, 0.05) is 19.2 Å². The smallest absolute Gasteiger partial charge is 0.353 e. The van der Waals surface area contributed by atoms with Crippen molar-refractivity contribution in [3.8, 4) is 0 Å². The molecular formula is C12H21N5O3. The van der Waals surface area contributed by atoms with Crippen LogP contribution in [0.4, 0.5) is 17.3 Å². The lowest BCUT2D eigenvalue weighted by molar-refractivity contribution is -0.383. The summed E-state index contributed by atoms with van der Waals surface area (Å²) in [4.78, 5) is 18.6. The molecule has 0 saturated heterocycles. The molecule has 3 N–H and O–H groups in total. The lowest BCUT2D eigenvalue weighted by Crippen LogP contribution is -2.18. The predicted octanol–water partition coefficient (Wildman–Crippen LogP) is 1.78. The van der Waals surface area contributed by atoms with Gasteiger partial charge in [-0.15, -0.1) is 0 Å². The minimum Gasteiger partial charge on any atom is -0.396 e. The molecule has 0 aliphatic heterocycles. The third kappa shape index (κ3) is 4.61. The van der Waals surface area contributed by atoms with Gasteiger partial charge in [0.15, 0.2) is 0 Å². The summed E-state index contributed by atoms with van der Waals surface area (Å²) in [6, 6.07) is -0.0187. The maximum atomic E-state index is 11.2. The fourth-order valence-corrected chi connectivity index (χ4v) is 1.73. The van der Waals surface area contributed by atoms with Crippen LogP contribution in [-0.2, 0) is 0 Å². The van der Waals surface area contributed by atoms with E-state index in [-0.39, 0.29) is 30.0 Å². The Morgan fingerprint density at radius 2 is 2.15 bits per heavy atom. The first kappa shape index (κ1) is 16.1. The van der Waals surface area contributed by atoms with Crippen LogP contribution >= 0.6 is 0 Å². The summed E-state index contributed by atoms with van der Waals surface area (Å²) in [6.45, 7) is 4.56. The molecule has 8 heteroatoms. The highest BCUT2D eigenvalue weighted by molar-refractivity contribution is 5.69.